The topological polar surface area (TPSA) is 130 Å². The molecule has 0 spiro atoms. The molecule has 3 aromatic rings. The lowest BCUT2D eigenvalue weighted by molar-refractivity contribution is -0.123. The van der Waals surface area contributed by atoms with Crippen LogP contribution in [0.1, 0.15) is 82.7 Å². The minimum absolute atomic E-state index is 0.0208. The van der Waals surface area contributed by atoms with Crippen molar-refractivity contribution in [3.05, 3.63) is 83.7 Å². The molecule has 1 aromatic heterocycles. The molecule has 0 saturated carbocycles. The summed E-state index contributed by atoms with van der Waals surface area (Å²) in [7, 11) is 1.69. The normalized spacial score (nSPS) is 16.9. The van der Waals surface area contributed by atoms with Crippen LogP contribution in [-0.4, -0.2) is 64.8 Å². The van der Waals surface area contributed by atoms with Gasteiger partial charge in [-0.25, -0.2) is 4.68 Å². The number of benzene rings is 2. The molecule has 43 heavy (non-hydrogen) atoms. The van der Waals surface area contributed by atoms with Crippen LogP contribution in [0, 0.1) is 0 Å². The third kappa shape index (κ3) is 12.1. The summed E-state index contributed by atoms with van der Waals surface area (Å²) < 4.78 is 1.81. The standard InChI is InChI=1S/C23H27N5O.C8H16N2O2.C2H6/c1-2-19-13-14-20(24-19)23(29)25-22(18-11-7-4-8-12-18)21-16-28(27-26-21)15-17-9-5-3-6-10-17;1-3-4-7(6-11)10-8(12)5-9-2;1-2/h3-12,16,19-20,22,24H,2,13-15H2,1H3,(H,25,29);6-7,9H,3-5H2,1-2H3,(H,10,12);1-2H3/t19-,20?,22?;7-;/m00./s1. The highest BCUT2D eigenvalue weighted by atomic mass is 16.2. The van der Waals surface area contributed by atoms with Crippen molar-refractivity contribution < 1.29 is 14.4 Å². The number of rotatable bonds is 13. The first-order valence-corrected chi connectivity index (χ1v) is 15.4. The van der Waals surface area contributed by atoms with E-state index in [0.29, 0.717) is 19.0 Å². The van der Waals surface area contributed by atoms with Crippen LogP contribution in [-0.2, 0) is 20.9 Å². The number of carbonyl (C=O) groups is 3. The van der Waals surface area contributed by atoms with Gasteiger partial charge in [-0.2, -0.15) is 0 Å². The van der Waals surface area contributed by atoms with E-state index in [1.165, 1.54) is 0 Å². The minimum atomic E-state index is -0.323. The Balaban J connectivity index is 0.000000391. The zero-order valence-corrected chi connectivity index (χ0v) is 26.3. The second-order valence-electron chi connectivity index (χ2n) is 10.2. The monoisotopic (exact) mass is 591 g/mol. The van der Waals surface area contributed by atoms with Gasteiger partial charge in [0.1, 0.15) is 12.0 Å². The van der Waals surface area contributed by atoms with E-state index < -0.39 is 0 Å². The maximum Gasteiger partial charge on any atom is 0.237 e. The molecule has 234 valence electrons. The van der Waals surface area contributed by atoms with Crippen LogP contribution < -0.4 is 21.3 Å². The number of hydrogen-bond acceptors (Lipinski definition) is 7. The summed E-state index contributed by atoms with van der Waals surface area (Å²) in [5, 5.41) is 20.6. The maximum atomic E-state index is 12.9. The van der Waals surface area contributed by atoms with Gasteiger partial charge in [-0.15, -0.1) is 5.10 Å². The van der Waals surface area contributed by atoms with Crippen LogP contribution in [0.25, 0.3) is 0 Å². The molecule has 10 nitrogen and oxygen atoms in total. The summed E-state index contributed by atoms with van der Waals surface area (Å²) in [6.07, 6.45) is 7.24. The molecule has 1 saturated heterocycles. The van der Waals surface area contributed by atoms with Gasteiger partial charge >= 0.3 is 0 Å². The Morgan fingerprint density at radius 3 is 2.28 bits per heavy atom. The summed E-state index contributed by atoms with van der Waals surface area (Å²) in [6.45, 7) is 9.02. The largest absolute Gasteiger partial charge is 0.345 e. The fraction of sp³-hybridized carbons (Fsp3) is 0.485. The van der Waals surface area contributed by atoms with Crippen molar-refractivity contribution in [2.75, 3.05) is 13.6 Å². The van der Waals surface area contributed by atoms with Gasteiger partial charge in [-0.1, -0.05) is 100.0 Å². The van der Waals surface area contributed by atoms with Gasteiger partial charge in [0.05, 0.1) is 37.4 Å². The lowest BCUT2D eigenvalue weighted by Gasteiger charge is -2.20. The first kappa shape index (κ1) is 35.3. The average Bonchev–Trinajstić information content (AvgIpc) is 3.72. The fourth-order valence-corrected chi connectivity index (χ4v) is 4.76. The van der Waals surface area contributed by atoms with Gasteiger partial charge in [0.2, 0.25) is 11.8 Å². The van der Waals surface area contributed by atoms with E-state index in [4.69, 9.17) is 0 Å². The molecule has 2 aromatic carbocycles. The molecular formula is C33H49N7O3. The summed E-state index contributed by atoms with van der Waals surface area (Å²) in [4.78, 5) is 34.3. The smallest absolute Gasteiger partial charge is 0.237 e. The Labute approximate surface area is 256 Å². The van der Waals surface area contributed by atoms with Crippen LogP contribution in [0.2, 0.25) is 0 Å². The Kier molecular flexibility index (Phi) is 16.5. The first-order chi connectivity index (χ1) is 21.0. The molecule has 2 heterocycles. The Morgan fingerprint density at radius 2 is 1.70 bits per heavy atom. The molecule has 4 N–H and O–H groups in total. The molecule has 2 amide bonds. The number of nitrogens with one attached hydrogen (secondary N) is 4. The van der Waals surface area contributed by atoms with Gasteiger partial charge in [0.25, 0.3) is 0 Å². The summed E-state index contributed by atoms with van der Waals surface area (Å²) >= 11 is 0. The zero-order chi connectivity index (χ0) is 31.5. The second-order valence-corrected chi connectivity index (χ2v) is 10.2. The van der Waals surface area contributed by atoms with Crippen molar-refractivity contribution in [2.24, 2.45) is 0 Å². The number of aldehydes is 1. The molecule has 2 unspecified atom stereocenters. The highest BCUT2D eigenvalue weighted by molar-refractivity contribution is 5.83. The van der Waals surface area contributed by atoms with E-state index in [1.54, 1.807) is 7.05 Å². The number of hydrogen-bond donors (Lipinski definition) is 4. The van der Waals surface area contributed by atoms with E-state index in [9.17, 15) is 14.4 Å². The molecule has 1 aliphatic heterocycles. The van der Waals surface area contributed by atoms with Crippen LogP contribution in [0.5, 0.6) is 0 Å². The number of likely N-dealkylation sites (N-methyl/N-ethyl adjacent to an activating group) is 1. The van der Waals surface area contributed by atoms with E-state index in [-0.39, 0.29) is 36.5 Å². The van der Waals surface area contributed by atoms with Crippen molar-refractivity contribution >= 4 is 18.1 Å². The van der Waals surface area contributed by atoms with Crippen LogP contribution in [0.3, 0.4) is 0 Å². The number of nitrogens with zero attached hydrogens (tertiary/aromatic N) is 3. The van der Waals surface area contributed by atoms with Crippen molar-refractivity contribution in [1.82, 2.24) is 36.3 Å². The highest BCUT2D eigenvalue weighted by Gasteiger charge is 2.30. The van der Waals surface area contributed by atoms with Gasteiger partial charge < -0.3 is 26.1 Å². The number of carbonyl (C=O) groups excluding carboxylic acids is 3. The Bertz CT molecular complexity index is 1200. The van der Waals surface area contributed by atoms with E-state index in [0.717, 1.165) is 48.8 Å². The third-order valence-electron chi connectivity index (χ3n) is 6.96. The summed E-state index contributed by atoms with van der Waals surface area (Å²) in [5.74, 6) is -0.115. The lowest BCUT2D eigenvalue weighted by Crippen LogP contribution is -2.44. The lowest BCUT2D eigenvalue weighted by atomic mass is 10.0. The molecule has 0 bridgehead atoms. The van der Waals surface area contributed by atoms with Crippen LogP contribution in [0.4, 0.5) is 0 Å². The Hall–Kier alpha value is -3.89. The SMILES string of the molecule is CC.CCC[C@@H](C=O)NC(=O)CNC.CC[C@H]1CCC(C(=O)NC(c2ccccc2)c2cn(Cc3ccccc3)nn2)N1. The van der Waals surface area contributed by atoms with Crippen LogP contribution in [0.15, 0.2) is 66.9 Å². The minimum Gasteiger partial charge on any atom is -0.345 e. The highest BCUT2D eigenvalue weighted by Crippen LogP contribution is 2.22. The molecule has 4 rings (SSSR count). The zero-order valence-electron chi connectivity index (χ0n) is 26.3. The molecule has 4 atom stereocenters. The predicted octanol–water partition coefficient (Wildman–Crippen LogP) is 3.78. The van der Waals surface area contributed by atoms with Gasteiger partial charge in [0, 0.05) is 6.04 Å². The molecule has 0 radical (unpaired) electrons. The average molecular weight is 592 g/mol. The van der Waals surface area contributed by atoms with E-state index >= 15 is 0 Å². The van der Waals surface area contributed by atoms with E-state index in [2.05, 4.69) is 50.6 Å². The molecule has 1 aliphatic rings. The number of amides is 2. The quantitative estimate of drug-likeness (QED) is 0.223. The summed E-state index contributed by atoms with van der Waals surface area (Å²) in [6, 6.07) is 19.7. The van der Waals surface area contributed by atoms with Crippen molar-refractivity contribution in [3.63, 3.8) is 0 Å². The predicted molar refractivity (Wildman–Crippen MR) is 170 cm³/mol. The fourth-order valence-electron chi connectivity index (χ4n) is 4.76. The molecule has 0 aliphatic carbocycles. The maximum absolute atomic E-state index is 12.9. The van der Waals surface area contributed by atoms with Gasteiger partial charge in [0.15, 0.2) is 0 Å². The van der Waals surface area contributed by atoms with Crippen molar-refractivity contribution in [2.45, 2.75) is 90.5 Å². The van der Waals surface area contributed by atoms with Crippen molar-refractivity contribution in [3.8, 4) is 0 Å². The Morgan fingerprint density at radius 1 is 1.02 bits per heavy atom. The van der Waals surface area contributed by atoms with Gasteiger partial charge in [-0.3, -0.25) is 9.59 Å². The van der Waals surface area contributed by atoms with E-state index in [1.807, 2.05) is 80.2 Å². The number of aromatic nitrogens is 3. The van der Waals surface area contributed by atoms with Gasteiger partial charge in [-0.05, 0) is 43.9 Å². The third-order valence-corrected chi connectivity index (χ3v) is 6.96. The summed E-state index contributed by atoms with van der Waals surface area (Å²) in [5.41, 5.74) is 2.90. The first-order valence-electron chi connectivity index (χ1n) is 15.4. The second kappa shape index (κ2) is 20.1. The molecule has 10 heteroatoms. The van der Waals surface area contributed by atoms with Crippen LogP contribution >= 0.6 is 0 Å². The molecular weight excluding hydrogens is 542 g/mol. The van der Waals surface area contributed by atoms with Crippen molar-refractivity contribution in [1.29, 1.82) is 0 Å². The molecule has 1 fully saturated rings.